The first-order valence-corrected chi connectivity index (χ1v) is 7.96. The number of thiophene rings is 1. The van der Waals surface area contributed by atoms with Crippen LogP contribution in [0.3, 0.4) is 0 Å². The molecule has 4 nitrogen and oxygen atoms in total. The quantitative estimate of drug-likeness (QED) is 0.809. The number of likely N-dealkylation sites (N-methyl/N-ethyl adjacent to an activating group) is 1. The van der Waals surface area contributed by atoms with Gasteiger partial charge in [0.15, 0.2) is 6.61 Å². The molecule has 1 aromatic heterocycles. The Morgan fingerprint density at radius 2 is 2.23 bits per heavy atom. The molecule has 0 spiro atoms. The fraction of sp³-hybridized carbons (Fsp3) is 0.250. The molecule has 6 heteroatoms. The lowest BCUT2D eigenvalue weighted by Crippen LogP contribution is -2.34. The van der Waals surface area contributed by atoms with E-state index in [4.69, 9.17) is 21.6 Å². The van der Waals surface area contributed by atoms with E-state index in [1.165, 1.54) is 11.3 Å². The van der Waals surface area contributed by atoms with E-state index < -0.39 is 0 Å². The Balaban J connectivity index is 1.93. The zero-order chi connectivity index (χ0) is 15.9. The second-order valence-electron chi connectivity index (χ2n) is 4.54. The predicted octanol–water partition coefficient (Wildman–Crippen LogP) is 3.70. The number of amides is 1. The van der Waals surface area contributed by atoms with Crippen molar-refractivity contribution in [2.75, 3.05) is 13.2 Å². The van der Waals surface area contributed by atoms with Gasteiger partial charge in [-0.2, -0.15) is 5.26 Å². The Labute approximate surface area is 138 Å². The van der Waals surface area contributed by atoms with Gasteiger partial charge in [-0.3, -0.25) is 4.79 Å². The molecule has 114 valence electrons. The number of hydrogen-bond donors (Lipinski definition) is 0. The van der Waals surface area contributed by atoms with Crippen molar-refractivity contribution in [3.8, 4) is 11.8 Å². The lowest BCUT2D eigenvalue weighted by molar-refractivity contribution is -0.133. The van der Waals surface area contributed by atoms with E-state index in [9.17, 15) is 4.79 Å². The summed E-state index contributed by atoms with van der Waals surface area (Å²) in [6, 6.07) is 12.5. The van der Waals surface area contributed by atoms with Crippen LogP contribution in [0.5, 0.6) is 5.75 Å². The van der Waals surface area contributed by atoms with E-state index in [-0.39, 0.29) is 12.5 Å². The third kappa shape index (κ3) is 4.48. The molecule has 22 heavy (non-hydrogen) atoms. The predicted molar refractivity (Wildman–Crippen MR) is 87.1 cm³/mol. The summed E-state index contributed by atoms with van der Waals surface area (Å²) in [7, 11) is 0. The fourth-order valence-electron chi connectivity index (χ4n) is 1.89. The van der Waals surface area contributed by atoms with Crippen molar-refractivity contribution < 1.29 is 9.53 Å². The first-order chi connectivity index (χ1) is 10.6. The Kier molecular flexibility index (Phi) is 5.82. The number of carbonyl (C=O) groups excluding carboxylic acids is 1. The van der Waals surface area contributed by atoms with Gasteiger partial charge in [-0.1, -0.05) is 17.7 Å². The molecule has 0 radical (unpaired) electrons. The Bertz CT molecular complexity index is 693. The van der Waals surface area contributed by atoms with Gasteiger partial charge in [0.2, 0.25) is 0 Å². The lowest BCUT2D eigenvalue weighted by atomic mass is 10.2. The SMILES string of the molecule is CCN(Cc1ccc(Cl)s1)C(=O)COc1cccc(C#N)c1. The molecular weight excluding hydrogens is 320 g/mol. The minimum atomic E-state index is -0.102. The molecule has 0 fully saturated rings. The molecule has 0 saturated heterocycles. The van der Waals surface area contributed by atoms with Crippen LogP contribution >= 0.6 is 22.9 Å². The van der Waals surface area contributed by atoms with E-state index in [1.54, 1.807) is 29.2 Å². The van der Waals surface area contributed by atoms with Crippen LogP contribution in [-0.4, -0.2) is 24.0 Å². The summed E-state index contributed by atoms with van der Waals surface area (Å²) >= 11 is 7.36. The van der Waals surface area contributed by atoms with E-state index >= 15 is 0 Å². The zero-order valence-corrected chi connectivity index (χ0v) is 13.7. The van der Waals surface area contributed by atoms with Crippen LogP contribution in [0.15, 0.2) is 36.4 Å². The van der Waals surface area contributed by atoms with Crippen LogP contribution in [0.25, 0.3) is 0 Å². The maximum Gasteiger partial charge on any atom is 0.260 e. The topological polar surface area (TPSA) is 53.3 Å². The van der Waals surface area contributed by atoms with Crippen LogP contribution in [0.4, 0.5) is 0 Å². The normalized spacial score (nSPS) is 10.0. The molecule has 0 unspecified atom stereocenters. The minimum Gasteiger partial charge on any atom is -0.484 e. The highest BCUT2D eigenvalue weighted by Gasteiger charge is 2.14. The summed E-state index contributed by atoms with van der Waals surface area (Å²) in [4.78, 5) is 15.0. The third-order valence-electron chi connectivity index (χ3n) is 3.04. The van der Waals surface area contributed by atoms with Crippen molar-refractivity contribution in [1.29, 1.82) is 5.26 Å². The smallest absolute Gasteiger partial charge is 0.260 e. The van der Waals surface area contributed by atoms with Gasteiger partial charge >= 0.3 is 0 Å². The molecule has 2 rings (SSSR count). The van der Waals surface area contributed by atoms with Gasteiger partial charge in [0, 0.05) is 11.4 Å². The molecule has 1 amide bonds. The van der Waals surface area contributed by atoms with Gasteiger partial charge in [-0.25, -0.2) is 0 Å². The van der Waals surface area contributed by atoms with Crippen molar-refractivity contribution in [1.82, 2.24) is 4.90 Å². The molecule has 0 saturated carbocycles. The van der Waals surface area contributed by atoms with Crippen molar-refractivity contribution in [2.24, 2.45) is 0 Å². The van der Waals surface area contributed by atoms with Crippen LogP contribution < -0.4 is 4.74 Å². The number of benzene rings is 1. The van der Waals surface area contributed by atoms with E-state index in [2.05, 4.69) is 0 Å². The summed E-state index contributed by atoms with van der Waals surface area (Å²) in [5.41, 5.74) is 0.505. The monoisotopic (exact) mass is 334 g/mol. The van der Waals surface area contributed by atoms with Crippen molar-refractivity contribution in [2.45, 2.75) is 13.5 Å². The maximum absolute atomic E-state index is 12.2. The van der Waals surface area contributed by atoms with Gasteiger partial charge in [-0.05, 0) is 37.3 Å². The summed E-state index contributed by atoms with van der Waals surface area (Å²) in [6.45, 7) is 2.98. The van der Waals surface area contributed by atoms with Crippen molar-refractivity contribution in [3.05, 3.63) is 51.2 Å². The van der Waals surface area contributed by atoms with E-state index in [0.717, 1.165) is 4.88 Å². The largest absolute Gasteiger partial charge is 0.484 e. The summed E-state index contributed by atoms with van der Waals surface area (Å²) in [6.07, 6.45) is 0. The highest BCUT2D eigenvalue weighted by molar-refractivity contribution is 7.16. The van der Waals surface area contributed by atoms with E-state index in [0.29, 0.717) is 28.7 Å². The average Bonchev–Trinajstić information content (AvgIpc) is 2.95. The van der Waals surface area contributed by atoms with Crippen LogP contribution in [-0.2, 0) is 11.3 Å². The Morgan fingerprint density at radius 1 is 1.41 bits per heavy atom. The second-order valence-corrected chi connectivity index (χ2v) is 6.34. The molecular formula is C16H15ClN2O2S. The summed E-state index contributed by atoms with van der Waals surface area (Å²) in [5.74, 6) is 0.414. The molecule has 0 aliphatic carbocycles. The molecule has 0 bridgehead atoms. The van der Waals surface area contributed by atoms with Gasteiger partial charge in [0.25, 0.3) is 5.91 Å². The Morgan fingerprint density at radius 3 is 2.86 bits per heavy atom. The summed E-state index contributed by atoms with van der Waals surface area (Å²) < 4.78 is 6.18. The van der Waals surface area contributed by atoms with Gasteiger partial charge in [0.05, 0.1) is 22.5 Å². The van der Waals surface area contributed by atoms with Crippen molar-refractivity contribution >= 4 is 28.8 Å². The lowest BCUT2D eigenvalue weighted by Gasteiger charge is -2.20. The first kappa shape index (κ1) is 16.3. The standard InChI is InChI=1S/C16H15ClN2O2S/c1-2-19(10-14-6-7-15(17)22-14)16(20)11-21-13-5-3-4-12(8-13)9-18/h3-8H,2,10-11H2,1H3. The van der Waals surface area contributed by atoms with Crippen LogP contribution in [0.1, 0.15) is 17.4 Å². The number of carbonyl (C=O) groups is 1. The number of ether oxygens (including phenoxy) is 1. The molecule has 1 aromatic carbocycles. The van der Waals surface area contributed by atoms with Crippen LogP contribution in [0.2, 0.25) is 4.34 Å². The molecule has 0 N–H and O–H groups in total. The number of halogens is 1. The van der Waals surface area contributed by atoms with Crippen LogP contribution in [0, 0.1) is 11.3 Å². The second kappa shape index (κ2) is 7.83. The molecule has 0 aliphatic heterocycles. The Hall–Kier alpha value is -2.03. The van der Waals surface area contributed by atoms with Crippen molar-refractivity contribution in [3.63, 3.8) is 0 Å². The highest BCUT2D eigenvalue weighted by Crippen LogP contribution is 2.22. The maximum atomic E-state index is 12.2. The number of hydrogen-bond acceptors (Lipinski definition) is 4. The minimum absolute atomic E-state index is 0.0537. The number of nitriles is 1. The van der Waals surface area contributed by atoms with Gasteiger partial charge in [-0.15, -0.1) is 11.3 Å². The summed E-state index contributed by atoms with van der Waals surface area (Å²) in [5, 5.41) is 8.84. The highest BCUT2D eigenvalue weighted by atomic mass is 35.5. The average molecular weight is 335 g/mol. The van der Waals surface area contributed by atoms with E-state index in [1.807, 2.05) is 25.1 Å². The number of nitrogens with zero attached hydrogens (tertiary/aromatic N) is 2. The third-order valence-corrected chi connectivity index (χ3v) is 4.25. The fourth-order valence-corrected chi connectivity index (χ4v) is 3.00. The van der Waals surface area contributed by atoms with Gasteiger partial charge < -0.3 is 9.64 Å². The molecule has 0 aliphatic rings. The van der Waals surface area contributed by atoms with Gasteiger partial charge in [0.1, 0.15) is 5.75 Å². The zero-order valence-electron chi connectivity index (χ0n) is 12.1. The molecule has 1 heterocycles. The first-order valence-electron chi connectivity index (χ1n) is 6.77. The number of rotatable bonds is 6. The molecule has 2 aromatic rings. The molecule has 0 atom stereocenters.